The second-order valence-electron chi connectivity index (χ2n) is 6.56. The molecule has 3 rings (SSSR count). The summed E-state index contributed by atoms with van der Waals surface area (Å²) in [5.74, 6) is 0.381. The number of carbonyl (C=O) groups is 1. The van der Waals surface area contributed by atoms with Crippen molar-refractivity contribution in [1.29, 1.82) is 0 Å². The highest BCUT2D eigenvalue weighted by Gasteiger charge is 2.19. The first kappa shape index (κ1) is 20.6. The molecular weight excluding hydrogens is 446 g/mol. The van der Waals surface area contributed by atoms with Crippen LogP contribution < -0.4 is 9.46 Å². The minimum absolute atomic E-state index is 0.0625. The van der Waals surface area contributed by atoms with Crippen LogP contribution in [0.5, 0.6) is 5.75 Å². The van der Waals surface area contributed by atoms with Gasteiger partial charge in [-0.2, -0.15) is 0 Å². The maximum Gasteiger partial charge on any atom is 0.261 e. The minimum atomic E-state index is -3.70. The van der Waals surface area contributed by atoms with E-state index in [1.807, 2.05) is 7.05 Å². The predicted octanol–water partition coefficient (Wildman–Crippen LogP) is 2.40. The van der Waals surface area contributed by atoms with Crippen molar-refractivity contribution in [3.05, 3.63) is 53.0 Å². The first-order chi connectivity index (χ1) is 13.3. The van der Waals surface area contributed by atoms with Crippen molar-refractivity contribution in [2.24, 2.45) is 0 Å². The van der Waals surface area contributed by atoms with Crippen molar-refractivity contribution in [2.75, 3.05) is 44.6 Å². The molecule has 0 atom stereocenters. The van der Waals surface area contributed by atoms with Gasteiger partial charge in [0.15, 0.2) is 6.61 Å². The van der Waals surface area contributed by atoms with Crippen LogP contribution in [0, 0.1) is 0 Å². The zero-order chi connectivity index (χ0) is 20.1. The Bertz CT molecular complexity index is 909. The molecule has 28 heavy (non-hydrogen) atoms. The van der Waals surface area contributed by atoms with E-state index in [-0.39, 0.29) is 17.4 Å². The van der Waals surface area contributed by atoms with Crippen LogP contribution in [0.2, 0.25) is 0 Å². The van der Waals surface area contributed by atoms with Gasteiger partial charge in [0.2, 0.25) is 0 Å². The number of sulfonamides is 1. The van der Waals surface area contributed by atoms with E-state index in [0.717, 1.165) is 17.6 Å². The Morgan fingerprint density at radius 2 is 1.64 bits per heavy atom. The highest BCUT2D eigenvalue weighted by atomic mass is 79.9. The summed E-state index contributed by atoms with van der Waals surface area (Å²) in [6.07, 6.45) is 0. The van der Waals surface area contributed by atoms with Crippen molar-refractivity contribution >= 4 is 37.5 Å². The molecule has 1 amide bonds. The third kappa shape index (κ3) is 5.46. The van der Waals surface area contributed by atoms with Crippen LogP contribution in [0.3, 0.4) is 0 Å². The SMILES string of the molecule is CN1CCN(C(=O)COc2ccc(S(=O)(=O)Nc3ccc(Br)cc3)cc2)CC1. The molecule has 2 aromatic carbocycles. The monoisotopic (exact) mass is 467 g/mol. The molecule has 1 fully saturated rings. The van der Waals surface area contributed by atoms with Gasteiger partial charge in [-0.15, -0.1) is 0 Å². The van der Waals surface area contributed by atoms with E-state index in [9.17, 15) is 13.2 Å². The third-order valence-electron chi connectivity index (χ3n) is 4.45. The number of anilines is 1. The number of carbonyl (C=O) groups excluding carboxylic acids is 1. The molecule has 1 N–H and O–H groups in total. The van der Waals surface area contributed by atoms with Crippen molar-refractivity contribution in [1.82, 2.24) is 9.80 Å². The topological polar surface area (TPSA) is 79.0 Å². The first-order valence-corrected chi connectivity index (χ1v) is 11.1. The van der Waals surface area contributed by atoms with Gasteiger partial charge in [0, 0.05) is 36.3 Å². The second-order valence-corrected chi connectivity index (χ2v) is 9.15. The van der Waals surface area contributed by atoms with Gasteiger partial charge in [-0.3, -0.25) is 9.52 Å². The Morgan fingerprint density at radius 3 is 2.25 bits per heavy atom. The van der Waals surface area contributed by atoms with Gasteiger partial charge in [0.25, 0.3) is 15.9 Å². The van der Waals surface area contributed by atoms with E-state index in [4.69, 9.17) is 4.74 Å². The summed E-state index contributed by atoms with van der Waals surface area (Å²) >= 11 is 3.31. The molecule has 2 aromatic rings. The third-order valence-corrected chi connectivity index (χ3v) is 6.37. The molecule has 150 valence electrons. The first-order valence-electron chi connectivity index (χ1n) is 8.81. The van der Waals surface area contributed by atoms with Gasteiger partial charge in [-0.1, -0.05) is 15.9 Å². The average Bonchev–Trinajstić information content (AvgIpc) is 2.68. The highest BCUT2D eigenvalue weighted by Crippen LogP contribution is 2.21. The van der Waals surface area contributed by atoms with Crippen molar-refractivity contribution in [2.45, 2.75) is 4.90 Å². The highest BCUT2D eigenvalue weighted by molar-refractivity contribution is 9.10. The Balaban J connectivity index is 1.56. The average molecular weight is 468 g/mol. The van der Waals surface area contributed by atoms with Crippen LogP contribution in [0.25, 0.3) is 0 Å². The van der Waals surface area contributed by atoms with E-state index >= 15 is 0 Å². The molecule has 0 saturated carbocycles. The molecule has 7 nitrogen and oxygen atoms in total. The molecule has 1 aliphatic rings. The number of hydrogen-bond acceptors (Lipinski definition) is 5. The fraction of sp³-hybridized carbons (Fsp3) is 0.316. The molecule has 1 saturated heterocycles. The van der Waals surface area contributed by atoms with Gasteiger partial charge < -0.3 is 14.5 Å². The molecule has 0 unspecified atom stereocenters. The quantitative estimate of drug-likeness (QED) is 0.705. The van der Waals surface area contributed by atoms with E-state index in [0.29, 0.717) is 24.5 Å². The maximum absolute atomic E-state index is 12.5. The van der Waals surface area contributed by atoms with E-state index in [1.165, 1.54) is 12.1 Å². The second kappa shape index (κ2) is 8.93. The summed E-state index contributed by atoms with van der Waals surface area (Å²) in [6.45, 7) is 3.02. The van der Waals surface area contributed by atoms with E-state index < -0.39 is 10.0 Å². The zero-order valence-electron chi connectivity index (χ0n) is 15.5. The number of halogens is 1. The normalized spacial score (nSPS) is 15.3. The van der Waals surface area contributed by atoms with Gasteiger partial charge in [-0.05, 0) is 55.6 Å². The largest absolute Gasteiger partial charge is 0.484 e. The summed E-state index contributed by atoms with van der Waals surface area (Å²) in [4.78, 5) is 16.3. The molecular formula is C19H22BrN3O4S. The molecule has 1 heterocycles. The molecule has 0 aliphatic carbocycles. The molecule has 1 aliphatic heterocycles. The van der Waals surface area contributed by atoms with Crippen molar-refractivity contribution < 1.29 is 17.9 Å². The van der Waals surface area contributed by atoms with Gasteiger partial charge in [0.05, 0.1) is 4.90 Å². The standard InChI is InChI=1S/C19H22BrN3O4S/c1-22-10-12-23(13-11-22)19(24)14-27-17-6-8-18(9-7-17)28(25,26)21-16-4-2-15(20)3-5-16/h2-9,21H,10-14H2,1H3. The van der Waals surface area contributed by atoms with E-state index in [2.05, 4.69) is 25.6 Å². The number of hydrogen-bond donors (Lipinski definition) is 1. The summed E-state index contributed by atoms with van der Waals surface area (Å²) in [7, 11) is -1.67. The smallest absolute Gasteiger partial charge is 0.261 e. The molecule has 9 heteroatoms. The summed E-state index contributed by atoms with van der Waals surface area (Å²) in [5, 5.41) is 0. The lowest BCUT2D eigenvalue weighted by Crippen LogP contribution is -2.48. The van der Waals surface area contributed by atoms with Crippen molar-refractivity contribution in [3.63, 3.8) is 0 Å². The Kier molecular flexibility index (Phi) is 6.58. The number of amides is 1. The number of rotatable bonds is 6. The Morgan fingerprint density at radius 1 is 1.04 bits per heavy atom. The lowest BCUT2D eigenvalue weighted by Gasteiger charge is -2.32. The van der Waals surface area contributed by atoms with Crippen LogP contribution in [-0.2, 0) is 14.8 Å². The number of likely N-dealkylation sites (N-methyl/N-ethyl adjacent to an activating group) is 1. The number of ether oxygens (including phenoxy) is 1. The van der Waals surface area contributed by atoms with Crippen LogP contribution in [-0.4, -0.2) is 64.0 Å². The lowest BCUT2D eigenvalue weighted by molar-refractivity contribution is -0.134. The molecule has 0 spiro atoms. The lowest BCUT2D eigenvalue weighted by atomic mass is 10.3. The number of nitrogens with zero attached hydrogens (tertiary/aromatic N) is 2. The molecule has 0 aromatic heterocycles. The number of piperazine rings is 1. The van der Waals surface area contributed by atoms with Crippen LogP contribution in [0.1, 0.15) is 0 Å². The van der Waals surface area contributed by atoms with Gasteiger partial charge in [0.1, 0.15) is 5.75 Å². The molecule has 0 bridgehead atoms. The summed E-state index contributed by atoms with van der Waals surface area (Å²) < 4.78 is 33.8. The molecule has 0 radical (unpaired) electrons. The summed E-state index contributed by atoms with van der Waals surface area (Å²) in [5.41, 5.74) is 0.473. The minimum Gasteiger partial charge on any atom is -0.484 e. The van der Waals surface area contributed by atoms with Crippen LogP contribution in [0.4, 0.5) is 5.69 Å². The summed E-state index contributed by atoms with van der Waals surface area (Å²) in [6, 6.07) is 12.9. The van der Waals surface area contributed by atoms with Gasteiger partial charge >= 0.3 is 0 Å². The van der Waals surface area contributed by atoms with Crippen LogP contribution >= 0.6 is 15.9 Å². The Hall–Kier alpha value is -2.10. The number of benzene rings is 2. The van der Waals surface area contributed by atoms with E-state index in [1.54, 1.807) is 41.3 Å². The van der Waals surface area contributed by atoms with Gasteiger partial charge in [-0.25, -0.2) is 8.42 Å². The van der Waals surface area contributed by atoms with Crippen molar-refractivity contribution in [3.8, 4) is 5.75 Å². The predicted molar refractivity (Wildman–Crippen MR) is 111 cm³/mol. The number of nitrogens with one attached hydrogen (secondary N) is 1. The fourth-order valence-corrected chi connectivity index (χ4v) is 4.06. The zero-order valence-corrected chi connectivity index (χ0v) is 17.9. The Labute approximate surface area is 173 Å². The fourth-order valence-electron chi connectivity index (χ4n) is 2.74. The maximum atomic E-state index is 12.5. The van der Waals surface area contributed by atoms with Crippen LogP contribution in [0.15, 0.2) is 57.9 Å².